The lowest BCUT2D eigenvalue weighted by atomic mass is 10.0. The van der Waals surface area contributed by atoms with Crippen LogP contribution in [0, 0.1) is 0 Å². The van der Waals surface area contributed by atoms with Gasteiger partial charge >= 0.3 is 0 Å². The van der Waals surface area contributed by atoms with Crippen molar-refractivity contribution >= 4 is 21.8 Å². The summed E-state index contributed by atoms with van der Waals surface area (Å²) in [6, 6.07) is 7.83. The van der Waals surface area contributed by atoms with Crippen molar-refractivity contribution in [2.24, 2.45) is 5.73 Å². The third-order valence-electron chi connectivity index (χ3n) is 2.37. The van der Waals surface area contributed by atoms with Crippen LogP contribution in [0.4, 0.5) is 0 Å². The van der Waals surface area contributed by atoms with Crippen molar-refractivity contribution in [1.29, 1.82) is 0 Å². The molecule has 0 aromatic heterocycles. The van der Waals surface area contributed by atoms with E-state index in [4.69, 9.17) is 5.73 Å². The van der Waals surface area contributed by atoms with E-state index in [-0.39, 0.29) is 11.9 Å². The molecule has 0 bridgehead atoms. The SMILES string of the molecule is C[C@@H](NC(=O)CC(C)(C)N)c1ccccc1Br. The monoisotopic (exact) mass is 298 g/mol. The summed E-state index contributed by atoms with van der Waals surface area (Å²) in [6.45, 7) is 5.65. The van der Waals surface area contributed by atoms with Gasteiger partial charge in [0.1, 0.15) is 0 Å². The van der Waals surface area contributed by atoms with E-state index in [0.717, 1.165) is 10.0 Å². The Morgan fingerprint density at radius 2 is 2.06 bits per heavy atom. The Morgan fingerprint density at radius 1 is 1.47 bits per heavy atom. The van der Waals surface area contributed by atoms with Gasteiger partial charge in [-0.05, 0) is 32.4 Å². The third-order valence-corrected chi connectivity index (χ3v) is 3.09. The predicted octanol–water partition coefficient (Wildman–Crippen LogP) is 2.75. The lowest BCUT2D eigenvalue weighted by molar-refractivity contribution is -0.122. The predicted molar refractivity (Wildman–Crippen MR) is 73.6 cm³/mol. The molecule has 0 heterocycles. The minimum atomic E-state index is -0.474. The zero-order chi connectivity index (χ0) is 13.1. The molecule has 0 aliphatic carbocycles. The lowest BCUT2D eigenvalue weighted by Crippen LogP contribution is -2.39. The van der Waals surface area contributed by atoms with Crippen molar-refractivity contribution in [1.82, 2.24) is 5.32 Å². The largest absolute Gasteiger partial charge is 0.349 e. The maximum Gasteiger partial charge on any atom is 0.222 e. The molecule has 0 saturated heterocycles. The molecule has 3 N–H and O–H groups in total. The molecule has 1 aromatic rings. The summed E-state index contributed by atoms with van der Waals surface area (Å²) in [5.41, 5.74) is 6.40. The van der Waals surface area contributed by atoms with Crippen LogP contribution in [-0.2, 0) is 4.79 Å². The molecule has 0 aliphatic heterocycles. The van der Waals surface area contributed by atoms with Crippen LogP contribution in [0.3, 0.4) is 0 Å². The van der Waals surface area contributed by atoms with Gasteiger partial charge in [0, 0.05) is 16.4 Å². The Kier molecular flexibility index (Phi) is 4.71. The van der Waals surface area contributed by atoms with Gasteiger partial charge in [0.25, 0.3) is 0 Å². The fourth-order valence-electron chi connectivity index (χ4n) is 1.61. The van der Waals surface area contributed by atoms with Gasteiger partial charge in [0.2, 0.25) is 5.91 Å². The first-order valence-corrected chi connectivity index (χ1v) is 6.41. The number of rotatable bonds is 4. The zero-order valence-electron chi connectivity index (χ0n) is 10.5. The van der Waals surface area contributed by atoms with Crippen LogP contribution in [-0.4, -0.2) is 11.4 Å². The molecular weight excluding hydrogens is 280 g/mol. The van der Waals surface area contributed by atoms with Crippen molar-refractivity contribution in [3.05, 3.63) is 34.3 Å². The molecule has 0 radical (unpaired) electrons. The number of carbonyl (C=O) groups is 1. The molecule has 0 fully saturated rings. The van der Waals surface area contributed by atoms with Crippen molar-refractivity contribution in [3.63, 3.8) is 0 Å². The van der Waals surface area contributed by atoms with E-state index in [1.807, 2.05) is 45.0 Å². The average molecular weight is 299 g/mol. The van der Waals surface area contributed by atoms with Crippen LogP contribution in [0.2, 0.25) is 0 Å². The van der Waals surface area contributed by atoms with Crippen LogP contribution in [0.1, 0.15) is 38.8 Å². The molecule has 94 valence electrons. The van der Waals surface area contributed by atoms with Crippen LogP contribution in [0.5, 0.6) is 0 Å². The number of nitrogens with two attached hydrogens (primary N) is 1. The summed E-state index contributed by atoms with van der Waals surface area (Å²) in [5, 5.41) is 2.94. The first-order valence-electron chi connectivity index (χ1n) is 5.62. The number of nitrogens with one attached hydrogen (secondary N) is 1. The second-order valence-electron chi connectivity index (χ2n) is 4.98. The number of carbonyl (C=O) groups excluding carboxylic acids is 1. The summed E-state index contributed by atoms with van der Waals surface area (Å²) in [4.78, 5) is 11.7. The summed E-state index contributed by atoms with van der Waals surface area (Å²) >= 11 is 3.47. The molecule has 0 saturated carbocycles. The second-order valence-corrected chi connectivity index (χ2v) is 5.83. The normalized spacial score (nSPS) is 13.2. The molecule has 4 heteroatoms. The molecule has 1 amide bonds. The van der Waals surface area contributed by atoms with Gasteiger partial charge in [-0.2, -0.15) is 0 Å². The van der Waals surface area contributed by atoms with Crippen molar-refractivity contribution in [2.45, 2.75) is 38.8 Å². The van der Waals surface area contributed by atoms with E-state index in [1.54, 1.807) is 0 Å². The molecule has 0 aliphatic rings. The quantitative estimate of drug-likeness (QED) is 0.898. The molecule has 0 spiro atoms. The van der Waals surface area contributed by atoms with Crippen molar-refractivity contribution < 1.29 is 4.79 Å². The number of amides is 1. The highest BCUT2D eigenvalue weighted by molar-refractivity contribution is 9.10. The van der Waals surface area contributed by atoms with Gasteiger partial charge in [-0.1, -0.05) is 34.1 Å². The second kappa shape index (κ2) is 5.65. The zero-order valence-corrected chi connectivity index (χ0v) is 12.0. The molecule has 3 nitrogen and oxygen atoms in total. The highest BCUT2D eigenvalue weighted by Crippen LogP contribution is 2.22. The van der Waals surface area contributed by atoms with Gasteiger partial charge in [-0.25, -0.2) is 0 Å². The Balaban J connectivity index is 2.64. The lowest BCUT2D eigenvalue weighted by Gasteiger charge is -2.21. The third kappa shape index (κ3) is 4.88. The van der Waals surface area contributed by atoms with Crippen LogP contribution in [0.15, 0.2) is 28.7 Å². The van der Waals surface area contributed by atoms with Crippen LogP contribution < -0.4 is 11.1 Å². The smallest absolute Gasteiger partial charge is 0.222 e. The van der Waals surface area contributed by atoms with Gasteiger partial charge in [0.15, 0.2) is 0 Å². The first kappa shape index (κ1) is 14.2. The summed E-state index contributed by atoms with van der Waals surface area (Å²) < 4.78 is 1.000. The number of benzene rings is 1. The fourth-order valence-corrected chi connectivity index (χ4v) is 2.24. The van der Waals surface area contributed by atoms with E-state index in [2.05, 4.69) is 21.2 Å². The number of hydrogen-bond acceptors (Lipinski definition) is 2. The van der Waals surface area contributed by atoms with Crippen LogP contribution in [0.25, 0.3) is 0 Å². The summed E-state index contributed by atoms with van der Waals surface area (Å²) in [5.74, 6) is -0.0271. The standard InChI is InChI=1S/C13H19BrN2O/c1-9(10-6-4-5-7-11(10)14)16-12(17)8-13(2,3)15/h4-7,9H,8,15H2,1-3H3,(H,16,17)/t9-/m1/s1. The number of halogens is 1. The minimum absolute atomic E-state index is 0.0271. The Bertz CT molecular complexity index is 399. The van der Waals surface area contributed by atoms with E-state index in [9.17, 15) is 4.79 Å². The molecule has 0 unspecified atom stereocenters. The van der Waals surface area contributed by atoms with Crippen molar-refractivity contribution in [2.75, 3.05) is 0 Å². The van der Waals surface area contributed by atoms with E-state index >= 15 is 0 Å². The maximum absolute atomic E-state index is 11.7. The molecular formula is C13H19BrN2O. The highest BCUT2D eigenvalue weighted by atomic mass is 79.9. The minimum Gasteiger partial charge on any atom is -0.349 e. The Labute approximate surface area is 111 Å². The number of hydrogen-bond donors (Lipinski definition) is 2. The summed E-state index contributed by atoms with van der Waals surface area (Å²) in [7, 11) is 0. The van der Waals surface area contributed by atoms with E-state index in [0.29, 0.717) is 6.42 Å². The molecule has 1 rings (SSSR count). The summed E-state index contributed by atoms with van der Waals surface area (Å²) in [6.07, 6.45) is 0.321. The fraction of sp³-hybridized carbons (Fsp3) is 0.462. The average Bonchev–Trinajstić information content (AvgIpc) is 2.14. The van der Waals surface area contributed by atoms with Gasteiger partial charge < -0.3 is 11.1 Å². The van der Waals surface area contributed by atoms with Crippen molar-refractivity contribution in [3.8, 4) is 0 Å². The van der Waals surface area contributed by atoms with Gasteiger partial charge in [-0.15, -0.1) is 0 Å². The highest BCUT2D eigenvalue weighted by Gasteiger charge is 2.18. The Morgan fingerprint density at radius 3 is 2.59 bits per heavy atom. The Hall–Kier alpha value is -0.870. The molecule has 1 atom stereocenters. The first-order chi connectivity index (χ1) is 7.79. The van der Waals surface area contributed by atoms with Gasteiger partial charge in [-0.3, -0.25) is 4.79 Å². The van der Waals surface area contributed by atoms with E-state index in [1.165, 1.54) is 0 Å². The molecule has 1 aromatic carbocycles. The topological polar surface area (TPSA) is 55.1 Å². The van der Waals surface area contributed by atoms with E-state index < -0.39 is 5.54 Å². The van der Waals surface area contributed by atoms with Gasteiger partial charge in [0.05, 0.1) is 6.04 Å². The van der Waals surface area contributed by atoms with Crippen LogP contribution >= 0.6 is 15.9 Å². The maximum atomic E-state index is 11.7. The molecule has 17 heavy (non-hydrogen) atoms.